The number of halogens is 8. The van der Waals surface area contributed by atoms with E-state index < -0.39 is 5.97 Å². The molecule has 31 heteroatoms. The van der Waals surface area contributed by atoms with Crippen LogP contribution in [0.5, 0.6) is 23.0 Å². The highest BCUT2D eigenvalue weighted by molar-refractivity contribution is 6.37. The number of H-pyrrole nitrogens is 1. The number of hydrogen-bond acceptors (Lipinski definition) is 15. The van der Waals surface area contributed by atoms with Gasteiger partial charge in [-0.2, -0.15) is 21.0 Å². The number of rotatable bonds is 28. The molecule has 119 heavy (non-hydrogen) atoms. The number of nitrogens with one attached hydrogen (secondary N) is 1. The lowest BCUT2D eigenvalue weighted by atomic mass is 10.2. The summed E-state index contributed by atoms with van der Waals surface area (Å²) in [5.41, 5.74) is 9.40. The van der Waals surface area contributed by atoms with Crippen LogP contribution in [0.4, 0.5) is 0 Å². The van der Waals surface area contributed by atoms with Gasteiger partial charge in [0.2, 0.25) is 0 Å². The number of carbonyl (C=O) groups excluding carboxylic acids is 2. The van der Waals surface area contributed by atoms with Crippen molar-refractivity contribution in [3.05, 3.63) is 261 Å². The van der Waals surface area contributed by atoms with Gasteiger partial charge in [-0.1, -0.05) is 122 Å². The molecule has 2 amide bonds. The topological polar surface area (TPSA) is 279 Å². The molecule has 0 saturated carbocycles. The third kappa shape index (κ3) is 22.6. The lowest BCUT2D eigenvalue weighted by Gasteiger charge is -2.27. The zero-order valence-electron chi connectivity index (χ0n) is 64.6. The van der Waals surface area contributed by atoms with E-state index in [-0.39, 0.29) is 37.3 Å². The molecule has 0 aliphatic carbocycles. The monoisotopic (exact) mass is 1760 g/mol. The number of aromatic amines is 1. The van der Waals surface area contributed by atoms with Crippen molar-refractivity contribution in [2.75, 3.05) is 52.6 Å². The van der Waals surface area contributed by atoms with Gasteiger partial charge in [-0.15, -0.1) is 10.2 Å². The maximum absolute atomic E-state index is 13.4. The fourth-order valence-electron chi connectivity index (χ4n) is 13.8. The van der Waals surface area contributed by atoms with Crippen molar-refractivity contribution in [3.63, 3.8) is 0 Å². The number of ether oxygens (including phenoxy) is 6. The fraction of sp³-hybridized carbons (Fsp3) is 0.284. The summed E-state index contributed by atoms with van der Waals surface area (Å²) in [6, 6.07) is 58.4. The molecule has 0 atom stereocenters. The molecule has 2 saturated heterocycles. The van der Waals surface area contributed by atoms with E-state index in [1.807, 2.05) is 87.2 Å². The molecule has 13 aromatic rings. The first-order chi connectivity index (χ1) is 57.8. The molecule has 5 aromatic heterocycles. The number of morpholine rings is 2. The molecule has 7 heterocycles. The molecule has 23 nitrogen and oxygen atoms in total. The van der Waals surface area contributed by atoms with Gasteiger partial charge >= 0.3 is 5.97 Å². The number of fused-ring (bicyclic) bond motifs is 4. The average molecular weight is 1760 g/mol. The zero-order chi connectivity index (χ0) is 83.9. The van der Waals surface area contributed by atoms with Gasteiger partial charge in [0.25, 0.3) is 11.8 Å². The summed E-state index contributed by atoms with van der Waals surface area (Å²) in [7, 11) is 0. The molecule has 2 fully saturated rings. The number of aryl methyl sites for hydroxylation is 6. The summed E-state index contributed by atoms with van der Waals surface area (Å²) >= 11 is 49.7. The molecule has 0 spiro atoms. The van der Waals surface area contributed by atoms with Gasteiger partial charge in [-0.3, -0.25) is 9.59 Å². The molecule has 0 bridgehead atoms. The molecule has 8 aromatic carbocycles. The number of tetrazole rings is 1. The Morgan fingerprint density at radius 1 is 0.420 bits per heavy atom. The molecule has 614 valence electrons. The van der Waals surface area contributed by atoms with E-state index in [2.05, 4.69) is 67.0 Å². The Hall–Kier alpha value is -10.7. The smallest absolute Gasteiger partial charge is 0.352 e. The molecule has 2 aliphatic heterocycles. The molecular weight excluding hydrogens is 1680 g/mol. The minimum absolute atomic E-state index is 0.00520. The number of aromatic nitrogens is 8. The molecular formula is C88H81Cl8N13O10. The first-order valence-electron chi connectivity index (χ1n) is 38.3. The molecule has 15 rings (SSSR count). The standard InChI is InChI=1S/C24H24Cl2N6O3.C24H23Cl2N3O3.C20H16Cl2N2O3.C20H18Cl2N2O/c25-19-3-1-4-20(26)18(19)15-35-17-6-7-21-16(13-17)14-22(24(33)31-9-11-34-12-10-31)32(21)8-2-5-23-27-29-30-28-23;25-20-4-3-5-21(26)19(20)16-32-18-6-7-22-17(14-18)15-23(29(22)9-2-1-8-27)24(30)28-10-12-31-13-11-28;21-16-4-3-5-17(22)15(16)12-27-14-6-7-18-13(10-14)11-19(20(25)26)24(18)9-2-1-8-23;1-14-11-15-12-16(7-8-20(15)24(14)10-3-2-9-23)25-13-17-18(21)5-4-6-19(17)22/h1,3-4,6-7,13-14H,2,5,8-12,15H2,(H,27,28,29,30);3-7,14-15H,1-2,9-13,16H2;3-7,10-11H,1-2,9,12H2,(H,25,26);4-8,11-12H,2-3,10,13H2,1H3. The number of benzene rings is 8. The number of carbonyl (C=O) groups is 3. The van der Waals surface area contributed by atoms with Crippen molar-refractivity contribution in [1.82, 2.24) is 48.7 Å². The van der Waals surface area contributed by atoms with Gasteiger partial charge in [-0.05, 0) is 178 Å². The highest BCUT2D eigenvalue weighted by Gasteiger charge is 2.27. The van der Waals surface area contributed by atoms with Crippen LogP contribution in [-0.4, -0.2) is 124 Å². The summed E-state index contributed by atoms with van der Waals surface area (Å²) in [4.78, 5) is 41.8. The number of aromatic carboxylic acids is 1. The van der Waals surface area contributed by atoms with Gasteiger partial charge < -0.3 is 61.6 Å². The second kappa shape index (κ2) is 42.8. The summed E-state index contributed by atoms with van der Waals surface area (Å²) in [5, 5.41) is 58.1. The van der Waals surface area contributed by atoms with Crippen molar-refractivity contribution in [2.45, 2.75) is 111 Å². The fourth-order valence-corrected chi connectivity index (χ4v) is 15.9. The van der Waals surface area contributed by atoms with E-state index in [1.54, 1.807) is 89.5 Å². The number of nitrogens with zero attached hydrogens (tertiary/aromatic N) is 12. The largest absolute Gasteiger partial charge is 0.489 e. The predicted octanol–water partition coefficient (Wildman–Crippen LogP) is 21.1. The molecule has 2 aliphatic rings. The Morgan fingerprint density at radius 3 is 1.04 bits per heavy atom. The SMILES string of the molecule is Cc1cc2cc(OCc3c(Cl)cccc3Cl)ccc2n1CCCC#N.N#CCCCn1c(C(=O)N2CCOCC2)cc2cc(OCc3c(Cl)cccc3Cl)ccc21.N#CCCCn1c(C(=O)O)cc2cc(OCc3c(Cl)cccc3Cl)ccc21.O=C(c1cc2cc(OCc3c(Cl)cccc3Cl)ccc2n1CCCc1nn[nH]n1)N1CCOCC1. The van der Waals surface area contributed by atoms with Gasteiger partial charge in [0, 0.05) is 190 Å². The quantitative estimate of drug-likeness (QED) is 0.0431. The van der Waals surface area contributed by atoms with Crippen molar-refractivity contribution in [2.24, 2.45) is 0 Å². The van der Waals surface area contributed by atoms with E-state index in [1.165, 1.54) is 5.69 Å². The minimum atomic E-state index is -1.01. The zero-order valence-corrected chi connectivity index (χ0v) is 70.7. The molecule has 0 unspecified atom stereocenters. The minimum Gasteiger partial charge on any atom is -0.489 e. The number of hydrogen-bond donors (Lipinski definition) is 2. The van der Waals surface area contributed by atoms with Crippen molar-refractivity contribution >= 4 is 154 Å². The van der Waals surface area contributed by atoms with Crippen molar-refractivity contribution < 1.29 is 47.9 Å². The van der Waals surface area contributed by atoms with Gasteiger partial charge in [0.1, 0.15) is 66.5 Å². The molecule has 0 radical (unpaired) electrons. The predicted molar refractivity (Wildman–Crippen MR) is 463 cm³/mol. The first-order valence-corrected chi connectivity index (χ1v) is 41.3. The van der Waals surface area contributed by atoms with Crippen LogP contribution in [0.15, 0.2) is 170 Å². The van der Waals surface area contributed by atoms with Crippen LogP contribution < -0.4 is 18.9 Å². The van der Waals surface area contributed by atoms with Gasteiger partial charge in [0.05, 0.1) is 44.6 Å². The number of carboxylic acid groups (broad SMARTS) is 1. The number of unbranched alkanes of at least 4 members (excludes halogenated alkanes) is 3. The first kappa shape index (κ1) is 87.6. The second-order valence-corrected chi connectivity index (χ2v) is 30.9. The Morgan fingerprint density at radius 2 is 0.723 bits per heavy atom. The van der Waals surface area contributed by atoms with Crippen LogP contribution in [0.1, 0.15) is 110 Å². The maximum Gasteiger partial charge on any atom is 0.352 e. The highest BCUT2D eigenvalue weighted by atomic mass is 35.5. The lowest BCUT2D eigenvalue weighted by Crippen LogP contribution is -2.41. The summed E-state index contributed by atoms with van der Waals surface area (Å²) < 4.78 is 42.4. The highest BCUT2D eigenvalue weighted by Crippen LogP contribution is 2.36. The van der Waals surface area contributed by atoms with Crippen LogP contribution in [0.2, 0.25) is 40.2 Å². The van der Waals surface area contributed by atoms with Crippen LogP contribution in [0.25, 0.3) is 43.6 Å². The summed E-state index contributed by atoms with van der Waals surface area (Å²) in [5.74, 6) is 2.31. The van der Waals surface area contributed by atoms with Crippen molar-refractivity contribution in [3.8, 4) is 41.2 Å². The van der Waals surface area contributed by atoms with E-state index in [4.69, 9.17) is 137 Å². The Balaban J connectivity index is 0.000000147. The normalized spacial score (nSPS) is 12.5. The van der Waals surface area contributed by atoms with Gasteiger partial charge in [-0.25, -0.2) is 4.79 Å². The van der Waals surface area contributed by atoms with Gasteiger partial charge in [0.15, 0.2) is 5.82 Å². The Labute approximate surface area is 726 Å². The Bertz CT molecular complexity index is 5800. The third-order valence-electron chi connectivity index (χ3n) is 19.9. The van der Waals surface area contributed by atoms with Crippen LogP contribution in [0, 0.1) is 40.9 Å². The van der Waals surface area contributed by atoms with Crippen molar-refractivity contribution in [1.29, 1.82) is 15.8 Å². The number of nitriles is 3. The van der Waals surface area contributed by atoms with E-state index in [9.17, 15) is 19.5 Å². The third-order valence-corrected chi connectivity index (χ3v) is 22.7. The summed E-state index contributed by atoms with van der Waals surface area (Å²) in [6.45, 7) is 10.1. The summed E-state index contributed by atoms with van der Waals surface area (Å²) in [6.07, 6.45) is 4.90. The lowest BCUT2D eigenvalue weighted by molar-refractivity contribution is 0.0294. The van der Waals surface area contributed by atoms with E-state index >= 15 is 0 Å². The van der Waals surface area contributed by atoms with Crippen LogP contribution >= 0.6 is 92.8 Å². The number of amides is 2. The number of carboxylic acids is 1. The van der Waals surface area contributed by atoms with E-state index in [0.717, 1.165) is 85.4 Å². The maximum atomic E-state index is 13.4. The Kier molecular flexibility index (Phi) is 31.5. The van der Waals surface area contributed by atoms with Crippen LogP contribution in [0.3, 0.4) is 0 Å². The molecule has 2 N–H and O–H groups in total. The average Bonchev–Trinajstić information content (AvgIpc) is 1.64. The van der Waals surface area contributed by atoms with Crippen LogP contribution in [-0.2, 0) is 68.5 Å². The van der Waals surface area contributed by atoms with E-state index in [0.29, 0.717) is 198 Å². The second-order valence-electron chi connectivity index (χ2n) is 27.6.